The van der Waals surface area contributed by atoms with Gasteiger partial charge in [0.15, 0.2) is 0 Å². The van der Waals surface area contributed by atoms with Crippen molar-refractivity contribution in [3.63, 3.8) is 0 Å². The molecule has 1 amide bonds. The van der Waals surface area contributed by atoms with Gasteiger partial charge in [-0.1, -0.05) is 18.2 Å². The van der Waals surface area contributed by atoms with Gasteiger partial charge in [0, 0.05) is 16.5 Å². The first-order chi connectivity index (χ1) is 10.6. The molecule has 22 heavy (non-hydrogen) atoms. The Balaban J connectivity index is 1.67. The van der Waals surface area contributed by atoms with Crippen molar-refractivity contribution in [3.05, 3.63) is 41.8 Å². The zero-order valence-electron chi connectivity index (χ0n) is 12.0. The Kier molecular flexibility index (Phi) is 4.24. The molecule has 0 aliphatic heterocycles. The summed E-state index contributed by atoms with van der Waals surface area (Å²) in [7, 11) is 0. The van der Waals surface area contributed by atoms with Gasteiger partial charge in [0.2, 0.25) is 5.91 Å². The summed E-state index contributed by atoms with van der Waals surface area (Å²) in [5.41, 5.74) is 1.83. The molecule has 5 heteroatoms. The van der Waals surface area contributed by atoms with E-state index in [0.717, 1.165) is 16.1 Å². The summed E-state index contributed by atoms with van der Waals surface area (Å²) < 4.78 is 0. The number of nitrogens with one attached hydrogen (secondary N) is 1. The second kappa shape index (κ2) is 6.32. The van der Waals surface area contributed by atoms with E-state index in [1.165, 1.54) is 0 Å². The van der Waals surface area contributed by atoms with Gasteiger partial charge in [-0.05, 0) is 48.4 Å². The standard InChI is InChI=1S/C17H17NO3S/c19-16(12-6-7-13(9-12)17(20)21)18-14-4-1-3-11(10-14)15-5-2-8-22-15/h1-5,8,10,12-13H,6-7,9H2,(H,18,19)(H,20,21)/t12-,13+/m0/s1. The van der Waals surface area contributed by atoms with Gasteiger partial charge in [-0.15, -0.1) is 11.3 Å². The normalized spacial score (nSPS) is 20.7. The van der Waals surface area contributed by atoms with Crippen molar-refractivity contribution in [2.75, 3.05) is 5.32 Å². The fourth-order valence-electron chi connectivity index (χ4n) is 2.88. The maximum atomic E-state index is 12.3. The molecule has 1 aromatic heterocycles. The molecule has 3 rings (SSSR count). The third-order valence-electron chi connectivity index (χ3n) is 4.09. The summed E-state index contributed by atoms with van der Waals surface area (Å²) >= 11 is 1.65. The number of benzene rings is 1. The summed E-state index contributed by atoms with van der Waals surface area (Å²) in [6, 6.07) is 11.8. The molecule has 2 aromatic rings. The fraction of sp³-hybridized carbons (Fsp3) is 0.294. The Labute approximate surface area is 132 Å². The largest absolute Gasteiger partial charge is 0.481 e. The number of thiophene rings is 1. The number of carboxylic acids is 1. The van der Waals surface area contributed by atoms with Gasteiger partial charge in [-0.2, -0.15) is 0 Å². The van der Waals surface area contributed by atoms with E-state index in [0.29, 0.717) is 19.3 Å². The van der Waals surface area contributed by atoms with Gasteiger partial charge in [0.05, 0.1) is 5.92 Å². The van der Waals surface area contributed by atoms with Gasteiger partial charge in [-0.3, -0.25) is 9.59 Å². The Bertz CT molecular complexity index is 681. The van der Waals surface area contributed by atoms with Crippen molar-refractivity contribution < 1.29 is 14.7 Å². The number of hydrogen-bond donors (Lipinski definition) is 2. The van der Waals surface area contributed by atoms with Crippen LogP contribution in [0.2, 0.25) is 0 Å². The molecule has 1 heterocycles. The molecule has 0 spiro atoms. The van der Waals surface area contributed by atoms with E-state index < -0.39 is 5.97 Å². The fourth-order valence-corrected chi connectivity index (χ4v) is 3.61. The monoisotopic (exact) mass is 315 g/mol. The van der Waals surface area contributed by atoms with Crippen molar-refractivity contribution in [3.8, 4) is 10.4 Å². The predicted octanol–water partition coefficient (Wildman–Crippen LogP) is 3.85. The third-order valence-corrected chi connectivity index (χ3v) is 5.01. The first-order valence-electron chi connectivity index (χ1n) is 7.31. The minimum Gasteiger partial charge on any atom is -0.481 e. The van der Waals surface area contributed by atoms with Crippen LogP contribution in [0, 0.1) is 11.8 Å². The number of amides is 1. The minimum atomic E-state index is -0.796. The number of hydrogen-bond acceptors (Lipinski definition) is 3. The lowest BCUT2D eigenvalue weighted by atomic mass is 10.0. The van der Waals surface area contributed by atoms with E-state index >= 15 is 0 Å². The number of carboxylic acid groups (broad SMARTS) is 1. The van der Waals surface area contributed by atoms with Crippen molar-refractivity contribution in [2.45, 2.75) is 19.3 Å². The number of anilines is 1. The van der Waals surface area contributed by atoms with Gasteiger partial charge in [-0.25, -0.2) is 0 Å². The second-order valence-corrected chi connectivity index (χ2v) is 6.54. The second-order valence-electron chi connectivity index (χ2n) is 5.59. The maximum absolute atomic E-state index is 12.3. The van der Waals surface area contributed by atoms with E-state index in [1.807, 2.05) is 41.8 Å². The van der Waals surface area contributed by atoms with Crippen LogP contribution in [-0.2, 0) is 9.59 Å². The molecular weight excluding hydrogens is 298 g/mol. The van der Waals surface area contributed by atoms with E-state index in [4.69, 9.17) is 5.11 Å². The Morgan fingerprint density at radius 2 is 1.95 bits per heavy atom. The van der Waals surface area contributed by atoms with Crippen LogP contribution in [-0.4, -0.2) is 17.0 Å². The van der Waals surface area contributed by atoms with E-state index in [2.05, 4.69) is 5.32 Å². The van der Waals surface area contributed by atoms with Crippen molar-refractivity contribution in [2.24, 2.45) is 11.8 Å². The summed E-state index contributed by atoms with van der Waals surface area (Å²) in [5.74, 6) is -1.46. The van der Waals surface area contributed by atoms with Crippen LogP contribution in [0.3, 0.4) is 0 Å². The van der Waals surface area contributed by atoms with Crippen LogP contribution >= 0.6 is 11.3 Å². The molecule has 1 saturated carbocycles. The first kappa shape index (κ1) is 14.8. The molecule has 1 aliphatic rings. The van der Waals surface area contributed by atoms with Gasteiger partial charge in [0.1, 0.15) is 0 Å². The molecule has 2 atom stereocenters. The van der Waals surface area contributed by atoms with Crippen LogP contribution < -0.4 is 5.32 Å². The molecule has 2 N–H and O–H groups in total. The molecule has 4 nitrogen and oxygen atoms in total. The highest BCUT2D eigenvalue weighted by Gasteiger charge is 2.33. The lowest BCUT2D eigenvalue weighted by molar-refractivity contribution is -0.141. The summed E-state index contributed by atoms with van der Waals surface area (Å²) in [4.78, 5) is 24.4. The zero-order valence-corrected chi connectivity index (χ0v) is 12.8. The molecule has 0 unspecified atom stereocenters. The zero-order chi connectivity index (χ0) is 15.5. The van der Waals surface area contributed by atoms with Crippen LogP contribution in [0.15, 0.2) is 41.8 Å². The topological polar surface area (TPSA) is 66.4 Å². The predicted molar refractivity (Wildman–Crippen MR) is 86.9 cm³/mol. The number of carbonyl (C=O) groups excluding carboxylic acids is 1. The van der Waals surface area contributed by atoms with E-state index in [-0.39, 0.29) is 17.7 Å². The average Bonchev–Trinajstić information content (AvgIpc) is 3.19. The third kappa shape index (κ3) is 3.20. The number of rotatable bonds is 4. The molecule has 114 valence electrons. The van der Waals surface area contributed by atoms with Crippen molar-refractivity contribution >= 4 is 28.9 Å². The average molecular weight is 315 g/mol. The quantitative estimate of drug-likeness (QED) is 0.900. The lowest BCUT2D eigenvalue weighted by Crippen LogP contribution is -2.21. The van der Waals surface area contributed by atoms with Crippen LogP contribution in [0.4, 0.5) is 5.69 Å². The van der Waals surface area contributed by atoms with E-state index in [9.17, 15) is 9.59 Å². The Hall–Kier alpha value is -2.14. The Morgan fingerprint density at radius 1 is 1.14 bits per heavy atom. The van der Waals surface area contributed by atoms with Crippen molar-refractivity contribution in [1.29, 1.82) is 0 Å². The number of carbonyl (C=O) groups is 2. The molecule has 0 saturated heterocycles. The van der Waals surface area contributed by atoms with Gasteiger partial charge in [0.25, 0.3) is 0 Å². The highest BCUT2D eigenvalue weighted by atomic mass is 32.1. The lowest BCUT2D eigenvalue weighted by Gasteiger charge is -2.11. The van der Waals surface area contributed by atoms with E-state index in [1.54, 1.807) is 11.3 Å². The van der Waals surface area contributed by atoms with Crippen molar-refractivity contribution in [1.82, 2.24) is 0 Å². The SMILES string of the molecule is O=C(O)[C@@H]1CC[C@H](C(=O)Nc2cccc(-c3cccs3)c2)C1. The van der Waals surface area contributed by atoms with Crippen LogP contribution in [0.1, 0.15) is 19.3 Å². The molecule has 1 aliphatic carbocycles. The Morgan fingerprint density at radius 3 is 2.64 bits per heavy atom. The minimum absolute atomic E-state index is 0.0768. The maximum Gasteiger partial charge on any atom is 0.306 e. The van der Waals surface area contributed by atoms with Crippen LogP contribution in [0.25, 0.3) is 10.4 Å². The summed E-state index contributed by atoms with van der Waals surface area (Å²) in [6.07, 6.45) is 1.67. The number of aliphatic carboxylic acids is 1. The van der Waals surface area contributed by atoms with Gasteiger partial charge >= 0.3 is 5.97 Å². The van der Waals surface area contributed by atoms with Crippen LogP contribution in [0.5, 0.6) is 0 Å². The smallest absolute Gasteiger partial charge is 0.306 e. The summed E-state index contributed by atoms with van der Waals surface area (Å²) in [5, 5.41) is 14.0. The first-order valence-corrected chi connectivity index (χ1v) is 8.19. The molecule has 0 radical (unpaired) electrons. The molecule has 0 bridgehead atoms. The molecule has 1 aromatic carbocycles. The molecular formula is C17H17NO3S. The molecule has 1 fully saturated rings. The highest BCUT2D eigenvalue weighted by Crippen LogP contribution is 2.32. The highest BCUT2D eigenvalue weighted by molar-refractivity contribution is 7.13. The van der Waals surface area contributed by atoms with Gasteiger partial charge < -0.3 is 10.4 Å². The summed E-state index contributed by atoms with van der Waals surface area (Å²) in [6.45, 7) is 0.